The van der Waals surface area contributed by atoms with Crippen molar-refractivity contribution in [3.63, 3.8) is 0 Å². The summed E-state index contributed by atoms with van der Waals surface area (Å²) >= 11 is 0. The minimum absolute atomic E-state index is 0.203. The van der Waals surface area contributed by atoms with E-state index >= 15 is 0 Å². The van der Waals surface area contributed by atoms with E-state index in [4.69, 9.17) is 15.7 Å². The molecular weight excluding hydrogens is 394 g/mol. The summed E-state index contributed by atoms with van der Waals surface area (Å²) in [5.41, 5.74) is 13.7. The van der Waals surface area contributed by atoms with Crippen molar-refractivity contribution in [3.05, 3.63) is 120 Å². The van der Waals surface area contributed by atoms with Crippen molar-refractivity contribution >= 4 is 22.4 Å². The number of hydrogen-bond acceptors (Lipinski definition) is 5. The molecule has 6 rings (SSSR count). The minimum Gasteiger partial charge on any atom is -0.383 e. The topological polar surface area (TPSA) is 77.0 Å². The van der Waals surface area contributed by atoms with Crippen LogP contribution >= 0.6 is 0 Å². The van der Waals surface area contributed by atoms with Gasteiger partial charge in [0.25, 0.3) is 0 Å². The summed E-state index contributed by atoms with van der Waals surface area (Å²) in [6.45, 7) is 0. The summed E-state index contributed by atoms with van der Waals surface area (Å²) in [7, 11) is 0. The van der Waals surface area contributed by atoms with Crippen LogP contribution in [0, 0.1) is 0 Å². The van der Waals surface area contributed by atoms with Crippen LogP contribution < -0.4 is 5.73 Å². The van der Waals surface area contributed by atoms with E-state index in [9.17, 15) is 0 Å². The van der Waals surface area contributed by atoms with Gasteiger partial charge < -0.3 is 5.73 Å². The van der Waals surface area contributed by atoms with Crippen molar-refractivity contribution in [3.8, 4) is 11.3 Å². The first-order valence-corrected chi connectivity index (χ1v) is 10.5. The molecule has 0 bridgehead atoms. The number of anilines is 1. The lowest BCUT2D eigenvalue weighted by Crippen LogP contribution is -2.08. The summed E-state index contributed by atoms with van der Waals surface area (Å²) < 4.78 is 0. The molecule has 0 amide bonds. The predicted octanol–water partition coefficient (Wildman–Crippen LogP) is 5.21. The zero-order valence-electron chi connectivity index (χ0n) is 17.2. The van der Waals surface area contributed by atoms with E-state index in [0.29, 0.717) is 5.82 Å². The summed E-state index contributed by atoms with van der Waals surface area (Å²) in [4.78, 5) is 18.8. The Morgan fingerprint density at radius 2 is 1.47 bits per heavy atom. The molecule has 3 heterocycles. The summed E-state index contributed by atoms with van der Waals surface area (Å²) in [6, 6.07) is 30.5. The van der Waals surface area contributed by atoms with Gasteiger partial charge in [0.1, 0.15) is 18.2 Å². The zero-order chi connectivity index (χ0) is 21.5. The lowest BCUT2D eigenvalue weighted by Gasteiger charge is -2.09. The summed E-state index contributed by atoms with van der Waals surface area (Å²) in [5, 5.41) is 1.07. The Labute approximate surface area is 185 Å². The van der Waals surface area contributed by atoms with Gasteiger partial charge in [0, 0.05) is 16.5 Å². The highest BCUT2D eigenvalue weighted by Crippen LogP contribution is 2.37. The van der Waals surface area contributed by atoms with E-state index in [1.807, 2.05) is 36.4 Å². The number of nitrogens with two attached hydrogens (primary N) is 1. The SMILES string of the molecule is Nc1ncnc2c1C(c1ccc3ccc(-c4ccccc4)nc3c1)=NC2c1ccccc1. The monoisotopic (exact) mass is 413 g/mol. The third-order valence-corrected chi connectivity index (χ3v) is 5.81. The molecule has 2 N–H and O–H groups in total. The molecule has 0 spiro atoms. The first kappa shape index (κ1) is 18.4. The molecule has 1 unspecified atom stereocenters. The highest BCUT2D eigenvalue weighted by molar-refractivity contribution is 6.18. The maximum atomic E-state index is 6.31. The fourth-order valence-electron chi connectivity index (χ4n) is 4.24. The summed E-state index contributed by atoms with van der Waals surface area (Å²) in [5.74, 6) is 0.443. The molecule has 1 atom stereocenters. The smallest absolute Gasteiger partial charge is 0.136 e. The highest BCUT2D eigenvalue weighted by atomic mass is 15.0. The van der Waals surface area contributed by atoms with Crippen molar-refractivity contribution in [2.24, 2.45) is 4.99 Å². The number of rotatable bonds is 3. The standard InChI is InChI=1S/C27H19N5/c28-27-23-24(32-25(26(23)29-16-30-27)19-9-5-2-6-10-19)20-12-11-18-13-14-21(31-22(18)15-20)17-7-3-1-4-8-17/h1-16,25H,(H2,28,29,30). The van der Waals surface area contributed by atoms with Crippen LogP contribution in [-0.4, -0.2) is 20.7 Å². The third-order valence-electron chi connectivity index (χ3n) is 5.81. The molecule has 1 aliphatic heterocycles. The van der Waals surface area contributed by atoms with Crippen molar-refractivity contribution in [2.75, 3.05) is 5.73 Å². The third kappa shape index (κ3) is 3.03. The van der Waals surface area contributed by atoms with Crippen LogP contribution in [0.2, 0.25) is 0 Å². The van der Waals surface area contributed by atoms with Crippen LogP contribution in [0.1, 0.15) is 28.4 Å². The Kier molecular flexibility index (Phi) is 4.25. The zero-order valence-corrected chi connectivity index (χ0v) is 17.2. The van der Waals surface area contributed by atoms with Crippen LogP contribution in [0.25, 0.3) is 22.2 Å². The van der Waals surface area contributed by atoms with E-state index in [1.54, 1.807) is 0 Å². The predicted molar refractivity (Wildman–Crippen MR) is 128 cm³/mol. The van der Waals surface area contributed by atoms with Gasteiger partial charge in [-0.05, 0) is 17.7 Å². The second-order valence-electron chi connectivity index (χ2n) is 7.78. The number of nitrogen functional groups attached to an aromatic ring is 1. The number of benzene rings is 3. The fourth-order valence-corrected chi connectivity index (χ4v) is 4.24. The van der Waals surface area contributed by atoms with Crippen molar-refractivity contribution in [2.45, 2.75) is 6.04 Å². The number of pyridine rings is 1. The van der Waals surface area contributed by atoms with Crippen molar-refractivity contribution < 1.29 is 0 Å². The molecule has 5 aromatic rings. The molecule has 3 aromatic carbocycles. The van der Waals surface area contributed by atoms with Gasteiger partial charge in [0.15, 0.2) is 0 Å². The van der Waals surface area contributed by atoms with Gasteiger partial charge in [-0.25, -0.2) is 15.0 Å². The Hall–Kier alpha value is -4.38. The molecule has 0 radical (unpaired) electrons. The highest BCUT2D eigenvalue weighted by Gasteiger charge is 2.31. The molecule has 0 fully saturated rings. The van der Waals surface area contributed by atoms with Crippen LogP contribution in [0.4, 0.5) is 5.82 Å². The van der Waals surface area contributed by atoms with Gasteiger partial charge in [-0.15, -0.1) is 0 Å². The Morgan fingerprint density at radius 3 is 2.28 bits per heavy atom. The second kappa shape index (κ2) is 7.39. The molecule has 0 saturated heterocycles. The van der Waals surface area contributed by atoms with Crippen LogP contribution in [0.3, 0.4) is 0 Å². The Balaban J connectivity index is 1.50. The van der Waals surface area contributed by atoms with Crippen LogP contribution in [0.15, 0.2) is 102 Å². The molecule has 5 heteroatoms. The average Bonchev–Trinajstić information content (AvgIpc) is 3.25. The van der Waals surface area contributed by atoms with Crippen molar-refractivity contribution in [1.82, 2.24) is 15.0 Å². The second-order valence-corrected chi connectivity index (χ2v) is 7.78. The van der Waals surface area contributed by atoms with Crippen molar-refractivity contribution in [1.29, 1.82) is 0 Å². The van der Waals surface area contributed by atoms with Gasteiger partial charge in [0.05, 0.1) is 28.2 Å². The first-order valence-electron chi connectivity index (χ1n) is 10.5. The van der Waals surface area contributed by atoms with E-state index < -0.39 is 0 Å². The number of aromatic nitrogens is 3. The van der Waals surface area contributed by atoms with Gasteiger partial charge in [-0.3, -0.25) is 4.99 Å². The van der Waals surface area contributed by atoms with Gasteiger partial charge in [-0.1, -0.05) is 78.9 Å². The molecule has 0 saturated carbocycles. The number of hydrogen-bond donors (Lipinski definition) is 1. The average molecular weight is 413 g/mol. The number of aliphatic imine (C=N–C) groups is 1. The first-order chi connectivity index (χ1) is 15.8. The van der Waals surface area contributed by atoms with Crippen LogP contribution in [0.5, 0.6) is 0 Å². The maximum absolute atomic E-state index is 6.31. The van der Waals surface area contributed by atoms with Gasteiger partial charge >= 0.3 is 0 Å². The van der Waals surface area contributed by atoms with Gasteiger partial charge in [0.2, 0.25) is 0 Å². The normalized spacial score (nSPS) is 14.9. The van der Waals surface area contributed by atoms with E-state index in [1.165, 1.54) is 6.33 Å². The van der Waals surface area contributed by atoms with Crippen LogP contribution in [-0.2, 0) is 0 Å². The molecule has 152 valence electrons. The number of fused-ring (bicyclic) bond motifs is 2. The van der Waals surface area contributed by atoms with E-state index in [0.717, 1.165) is 50.3 Å². The van der Waals surface area contributed by atoms with Gasteiger partial charge in [-0.2, -0.15) is 0 Å². The number of nitrogens with zero attached hydrogens (tertiary/aromatic N) is 4. The maximum Gasteiger partial charge on any atom is 0.136 e. The largest absolute Gasteiger partial charge is 0.383 e. The fraction of sp³-hybridized carbons (Fsp3) is 0.0370. The Morgan fingerprint density at radius 1 is 0.719 bits per heavy atom. The molecule has 0 aliphatic carbocycles. The molecule has 1 aliphatic rings. The quantitative estimate of drug-likeness (QED) is 0.440. The molecule has 32 heavy (non-hydrogen) atoms. The van der Waals surface area contributed by atoms with E-state index in [-0.39, 0.29) is 6.04 Å². The molecule has 2 aromatic heterocycles. The lowest BCUT2D eigenvalue weighted by molar-refractivity contribution is 0.847. The summed E-state index contributed by atoms with van der Waals surface area (Å²) in [6.07, 6.45) is 1.51. The minimum atomic E-state index is -0.203. The molecular formula is C27H19N5. The molecule has 5 nitrogen and oxygen atoms in total. The lowest BCUT2D eigenvalue weighted by atomic mass is 9.98. The Bertz CT molecular complexity index is 1480. The van der Waals surface area contributed by atoms with E-state index in [2.05, 4.69) is 64.6 Å².